The molecule has 0 spiro atoms. The van der Waals surface area contributed by atoms with Gasteiger partial charge in [0.1, 0.15) is 18.1 Å². The fourth-order valence-electron chi connectivity index (χ4n) is 3.89. The molecular formula is C24H25NO4. The topological polar surface area (TPSA) is 62.9 Å². The number of carboxylic acids is 1. The van der Waals surface area contributed by atoms with Crippen LogP contribution in [0.3, 0.4) is 0 Å². The van der Waals surface area contributed by atoms with Gasteiger partial charge in [-0.15, -0.1) is 0 Å². The maximum atomic E-state index is 11.3. The van der Waals surface area contributed by atoms with Crippen LogP contribution in [0, 0.1) is 5.92 Å². The highest BCUT2D eigenvalue weighted by molar-refractivity contribution is 5.70. The monoisotopic (exact) mass is 391 g/mol. The summed E-state index contributed by atoms with van der Waals surface area (Å²) in [4.78, 5) is 13.6. The Morgan fingerprint density at radius 2 is 1.76 bits per heavy atom. The van der Waals surface area contributed by atoms with Gasteiger partial charge in [0, 0.05) is 0 Å². The number of hydrogen-bond acceptors (Lipinski definition) is 4. The minimum atomic E-state index is -0.695. The van der Waals surface area contributed by atoms with Crippen molar-refractivity contribution in [3.8, 4) is 5.75 Å². The van der Waals surface area contributed by atoms with E-state index < -0.39 is 5.97 Å². The highest BCUT2D eigenvalue weighted by Crippen LogP contribution is 2.33. The zero-order valence-corrected chi connectivity index (χ0v) is 16.2. The van der Waals surface area contributed by atoms with Crippen LogP contribution in [0.1, 0.15) is 35.8 Å². The second-order valence-corrected chi connectivity index (χ2v) is 7.41. The van der Waals surface area contributed by atoms with Crippen molar-refractivity contribution in [1.29, 1.82) is 0 Å². The number of hydrogen-bond donors (Lipinski definition) is 1. The molecule has 1 N–H and O–H groups in total. The molecule has 0 radical (unpaired) electrons. The molecule has 3 aromatic rings. The molecule has 1 aliphatic rings. The SMILES string of the molecule is O=C(O)C1CCN(C(c2ccc(OCc3ccccc3)cc2)c2ccco2)CC1. The molecule has 5 heteroatoms. The van der Waals surface area contributed by atoms with E-state index in [1.165, 1.54) is 0 Å². The number of furan rings is 1. The van der Waals surface area contributed by atoms with Crippen LogP contribution in [0.15, 0.2) is 77.4 Å². The number of likely N-dealkylation sites (tertiary alicyclic amines) is 1. The molecule has 29 heavy (non-hydrogen) atoms. The molecular weight excluding hydrogens is 366 g/mol. The Balaban J connectivity index is 1.47. The zero-order valence-electron chi connectivity index (χ0n) is 16.2. The Kier molecular flexibility index (Phi) is 5.96. The van der Waals surface area contributed by atoms with Gasteiger partial charge < -0.3 is 14.3 Å². The standard InChI is InChI=1S/C24H25NO4/c26-24(27)20-12-14-25(15-13-20)23(22-7-4-16-28-22)19-8-10-21(11-9-19)29-17-18-5-2-1-3-6-18/h1-11,16,20,23H,12-15,17H2,(H,26,27). The van der Waals surface area contributed by atoms with Gasteiger partial charge in [-0.2, -0.15) is 0 Å². The zero-order chi connectivity index (χ0) is 20.1. The number of ether oxygens (including phenoxy) is 1. The second-order valence-electron chi connectivity index (χ2n) is 7.41. The summed E-state index contributed by atoms with van der Waals surface area (Å²) in [5.74, 6) is 0.744. The lowest BCUT2D eigenvalue weighted by Crippen LogP contribution is -2.39. The first-order valence-electron chi connectivity index (χ1n) is 9.97. The van der Waals surface area contributed by atoms with E-state index in [-0.39, 0.29) is 12.0 Å². The van der Waals surface area contributed by atoms with Gasteiger partial charge in [0.05, 0.1) is 18.2 Å². The van der Waals surface area contributed by atoms with Gasteiger partial charge in [0.25, 0.3) is 0 Å². The Bertz CT molecular complexity index is 898. The van der Waals surface area contributed by atoms with Gasteiger partial charge in [-0.3, -0.25) is 9.69 Å². The lowest BCUT2D eigenvalue weighted by molar-refractivity contribution is -0.143. The molecule has 1 aromatic heterocycles. The second kappa shape index (κ2) is 8.97. The molecule has 1 saturated heterocycles. The van der Waals surface area contributed by atoms with Crippen LogP contribution in [0.25, 0.3) is 0 Å². The van der Waals surface area contributed by atoms with Crippen LogP contribution in [0.2, 0.25) is 0 Å². The van der Waals surface area contributed by atoms with Crippen molar-refractivity contribution in [2.75, 3.05) is 13.1 Å². The maximum Gasteiger partial charge on any atom is 0.306 e. The minimum absolute atomic E-state index is 0.0251. The first kappa shape index (κ1) is 19.3. The van der Waals surface area contributed by atoms with E-state index in [0.29, 0.717) is 19.4 Å². The van der Waals surface area contributed by atoms with Gasteiger partial charge in [0.2, 0.25) is 0 Å². The number of piperidine rings is 1. The molecule has 0 aliphatic carbocycles. The van der Waals surface area contributed by atoms with E-state index in [0.717, 1.165) is 35.7 Å². The Hall–Kier alpha value is -3.05. The van der Waals surface area contributed by atoms with Crippen LogP contribution in [0.5, 0.6) is 5.75 Å². The van der Waals surface area contributed by atoms with Gasteiger partial charge in [-0.25, -0.2) is 0 Å². The molecule has 2 aromatic carbocycles. The van der Waals surface area contributed by atoms with Crippen LogP contribution in [-0.4, -0.2) is 29.1 Å². The number of carbonyl (C=O) groups is 1. The highest BCUT2D eigenvalue weighted by atomic mass is 16.5. The van der Waals surface area contributed by atoms with Gasteiger partial charge in [-0.1, -0.05) is 42.5 Å². The van der Waals surface area contributed by atoms with Gasteiger partial charge in [0.15, 0.2) is 0 Å². The van der Waals surface area contributed by atoms with E-state index in [2.05, 4.69) is 17.0 Å². The van der Waals surface area contributed by atoms with E-state index in [1.54, 1.807) is 6.26 Å². The smallest absolute Gasteiger partial charge is 0.306 e. The molecule has 0 bridgehead atoms. The fourth-order valence-corrected chi connectivity index (χ4v) is 3.89. The summed E-state index contributed by atoms with van der Waals surface area (Å²) >= 11 is 0. The summed E-state index contributed by atoms with van der Waals surface area (Å²) in [7, 11) is 0. The summed E-state index contributed by atoms with van der Waals surface area (Å²) < 4.78 is 11.6. The van der Waals surface area contributed by atoms with Crippen LogP contribution in [0.4, 0.5) is 0 Å². The largest absolute Gasteiger partial charge is 0.489 e. The molecule has 1 unspecified atom stereocenters. The number of aliphatic carboxylic acids is 1. The van der Waals surface area contributed by atoms with Gasteiger partial charge in [-0.05, 0) is 61.3 Å². The van der Waals surface area contributed by atoms with Crippen molar-refractivity contribution in [1.82, 2.24) is 4.90 Å². The first-order valence-corrected chi connectivity index (χ1v) is 9.97. The molecule has 1 atom stereocenters. The third-order valence-electron chi connectivity index (χ3n) is 5.50. The number of benzene rings is 2. The number of nitrogens with zero attached hydrogens (tertiary/aromatic N) is 1. The highest BCUT2D eigenvalue weighted by Gasteiger charge is 2.31. The first-order chi connectivity index (χ1) is 14.2. The molecule has 4 rings (SSSR count). The molecule has 2 heterocycles. The summed E-state index contributed by atoms with van der Waals surface area (Å²) in [6, 6.07) is 22.0. The van der Waals surface area contributed by atoms with E-state index in [1.807, 2.05) is 54.6 Å². The van der Waals surface area contributed by atoms with Crippen molar-refractivity contribution in [3.63, 3.8) is 0 Å². The quantitative estimate of drug-likeness (QED) is 0.630. The fraction of sp³-hybridized carbons (Fsp3) is 0.292. The van der Waals surface area contributed by atoms with Crippen molar-refractivity contribution < 1.29 is 19.1 Å². The van der Waals surface area contributed by atoms with Crippen LogP contribution in [-0.2, 0) is 11.4 Å². The summed E-state index contributed by atoms with van der Waals surface area (Å²) in [5, 5.41) is 9.28. The maximum absolute atomic E-state index is 11.3. The summed E-state index contributed by atoms with van der Waals surface area (Å²) in [6.07, 6.45) is 3.00. The molecule has 1 fully saturated rings. The molecule has 1 aliphatic heterocycles. The van der Waals surface area contributed by atoms with E-state index in [9.17, 15) is 9.90 Å². The summed E-state index contributed by atoms with van der Waals surface area (Å²) in [5.41, 5.74) is 2.24. The van der Waals surface area contributed by atoms with Crippen LogP contribution >= 0.6 is 0 Å². The van der Waals surface area contributed by atoms with E-state index in [4.69, 9.17) is 9.15 Å². The molecule has 5 nitrogen and oxygen atoms in total. The average molecular weight is 391 g/mol. The number of rotatable bonds is 7. The van der Waals surface area contributed by atoms with Crippen molar-refractivity contribution in [2.24, 2.45) is 5.92 Å². The molecule has 0 amide bonds. The lowest BCUT2D eigenvalue weighted by atomic mass is 9.93. The predicted molar refractivity (Wildman–Crippen MR) is 110 cm³/mol. The Morgan fingerprint density at radius 1 is 1.03 bits per heavy atom. The van der Waals surface area contributed by atoms with Crippen LogP contribution < -0.4 is 4.74 Å². The minimum Gasteiger partial charge on any atom is -0.489 e. The van der Waals surface area contributed by atoms with Gasteiger partial charge >= 0.3 is 5.97 Å². The normalized spacial score (nSPS) is 16.4. The molecule has 150 valence electrons. The van der Waals surface area contributed by atoms with Crippen molar-refractivity contribution >= 4 is 5.97 Å². The number of carboxylic acid groups (broad SMARTS) is 1. The lowest BCUT2D eigenvalue weighted by Gasteiger charge is -2.35. The average Bonchev–Trinajstić information content (AvgIpc) is 3.29. The summed E-state index contributed by atoms with van der Waals surface area (Å²) in [6.45, 7) is 1.99. The third-order valence-corrected chi connectivity index (χ3v) is 5.50. The third kappa shape index (κ3) is 4.69. The predicted octanol–water partition coefficient (Wildman–Crippen LogP) is 4.74. The Labute approximate surface area is 170 Å². The van der Waals surface area contributed by atoms with Crippen molar-refractivity contribution in [2.45, 2.75) is 25.5 Å². The van der Waals surface area contributed by atoms with E-state index >= 15 is 0 Å². The Morgan fingerprint density at radius 3 is 2.38 bits per heavy atom. The molecule has 0 saturated carbocycles. The van der Waals surface area contributed by atoms with Crippen molar-refractivity contribution in [3.05, 3.63) is 89.9 Å².